The van der Waals surface area contributed by atoms with Crippen LogP contribution in [0.4, 0.5) is 10.1 Å². The van der Waals surface area contributed by atoms with Gasteiger partial charge in [0.25, 0.3) is 5.91 Å². The molecule has 2 aromatic heterocycles. The minimum Gasteiger partial charge on any atom is -0.321 e. The van der Waals surface area contributed by atoms with Gasteiger partial charge in [-0.15, -0.1) is 11.3 Å². The molecule has 0 aliphatic heterocycles. The second-order valence-electron chi connectivity index (χ2n) is 7.48. The van der Waals surface area contributed by atoms with Gasteiger partial charge >= 0.3 is 0 Å². The van der Waals surface area contributed by atoms with E-state index in [-0.39, 0.29) is 11.7 Å². The maximum atomic E-state index is 13.2. The number of carbonyl (C=O) groups is 1. The van der Waals surface area contributed by atoms with Crippen molar-refractivity contribution in [3.63, 3.8) is 0 Å². The highest BCUT2D eigenvalue weighted by Crippen LogP contribution is 2.30. The molecule has 0 spiro atoms. The standard InChI is InChI=1S/C26H19FN4OS/c1-31-24(15-22(30-31)17-10-12-20(27)13-11-17)25(32)28-21-9-5-8-19(14-21)23-16-33-26(29-23)18-6-3-2-4-7-18/h2-16H,1H3,(H,28,32). The van der Waals surface area contributed by atoms with Crippen molar-refractivity contribution < 1.29 is 9.18 Å². The van der Waals surface area contributed by atoms with Gasteiger partial charge in [0.2, 0.25) is 0 Å². The second kappa shape index (κ2) is 8.80. The summed E-state index contributed by atoms with van der Waals surface area (Å²) in [6, 6.07) is 25.3. The normalized spacial score (nSPS) is 10.8. The smallest absolute Gasteiger partial charge is 0.273 e. The van der Waals surface area contributed by atoms with Crippen molar-refractivity contribution in [3.05, 3.63) is 102 Å². The van der Waals surface area contributed by atoms with Crippen LogP contribution in [-0.2, 0) is 7.05 Å². The number of rotatable bonds is 5. The van der Waals surface area contributed by atoms with Gasteiger partial charge in [0.05, 0.1) is 11.4 Å². The highest BCUT2D eigenvalue weighted by molar-refractivity contribution is 7.13. The van der Waals surface area contributed by atoms with Gasteiger partial charge in [0, 0.05) is 34.8 Å². The molecule has 0 saturated heterocycles. The molecule has 33 heavy (non-hydrogen) atoms. The first kappa shape index (κ1) is 20.8. The zero-order valence-electron chi connectivity index (χ0n) is 17.7. The first-order valence-corrected chi connectivity index (χ1v) is 11.2. The van der Waals surface area contributed by atoms with E-state index in [1.165, 1.54) is 16.8 Å². The topological polar surface area (TPSA) is 59.8 Å². The van der Waals surface area contributed by atoms with Crippen molar-refractivity contribution in [2.24, 2.45) is 7.05 Å². The molecule has 0 atom stereocenters. The minimum absolute atomic E-state index is 0.279. The van der Waals surface area contributed by atoms with Crippen LogP contribution in [0.1, 0.15) is 10.5 Å². The number of benzene rings is 3. The Morgan fingerprint density at radius 2 is 1.64 bits per heavy atom. The molecule has 162 valence electrons. The molecule has 0 aliphatic carbocycles. The van der Waals surface area contributed by atoms with Gasteiger partial charge < -0.3 is 5.32 Å². The molecule has 0 radical (unpaired) electrons. The molecule has 1 N–H and O–H groups in total. The summed E-state index contributed by atoms with van der Waals surface area (Å²) < 4.78 is 14.7. The van der Waals surface area contributed by atoms with E-state index in [9.17, 15) is 9.18 Å². The lowest BCUT2D eigenvalue weighted by molar-refractivity contribution is 0.101. The van der Waals surface area contributed by atoms with Gasteiger partial charge in [-0.2, -0.15) is 5.10 Å². The fraction of sp³-hybridized carbons (Fsp3) is 0.0385. The Kier molecular flexibility index (Phi) is 5.54. The van der Waals surface area contributed by atoms with Crippen molar-refractivity contribution in [2.45, 2.75) is 0 Å². The predicted octanol–water partition coefficient (Wildman–Crippen LogP) is 6.27. The molecule has 0 fully saturated rings. The molecule has 0 unspecified atom stereocenters. The number of anilines is 1. The van der Waals surface area contributed by atoms with E-state index in [1.807, 2.05) is 60.0 Å². The molecule has 0 aliphatic rings. The summed E-state index contributed by atoms with van der Waals surface area (Å²) in [6.45, 7) is 0. The Hall–Kier alpha value is -4.10. The highest BCUT2D eigenvalue weighted by atomic mass is 32.1. The summed E-state index contributed by atoms with van der Waals surface area (Å²) in [5.41, 5.74) is 5.26. The SMILES string of the molecule is Cn1nc(-c2ccc(F)cc2)cc1C(=O)Nc1cccc(-c2csc(-c3ccccc3)n2)c1. The Bertz CT molecular complexity index is 1420. The molecular weight excluding hydrogens is 435 g/mol. The maximum absolute atomic E-state index is 13.2. The van der Waals surface area contributed by atoms with E-state index in [0.717, 1.165) is 27.4 Å². The van der Waals surface area contributed by atoms with Gasteiger partial charge in [-0.3, -0.25) is 9.48 Å². The van der Waals surface area contributed by atoms with Gasteiger partial charge in [-0.25, -0.2) is 9.37 Å². The molecule has 1 amide bonds. The third kappa shape index (κ3) is 4.44. The molecule has 0 bridgehead atoms. The van der Waals surface area contributed by atoms with Crippen molar-refractivity contribution in [1.29, 1.82) is 0 Å². The Balaban J connectivity index is 1.36. The monoisotopic (exact) mass is 454 g/mol. The second-order valence-corrected chi connectivity index (χ2v) is 8.34. The summed E-state index contributed by atoms with van der Waals surface area (Å²) >= 11 is 1.58. The summed E-state index contributed by atoms with van der Waals surface area (Å²) in [5.74, 6) is -0.595. The van der Waals surface area contributed by atoms with Crippen LogP contribution < -0.4 is 5.32 Å². The van der Waals surface area contributed by atoms with Crippen molar-refractivity contribution in [2.75, 3.05) is 5.32 Å². The Morgan fingerprint density at radius 3 is 2.42 bits per heavy atom. The summed E-state index contributed by atoms with van der Waals surface area (Å²) in [5, 5.41) is 10.3. The molecule has 5 aromatic rings. The molecule has 7 heteroatoms. The average molecular weight is 455 g/mol. The van der Waals surface area contributed by atoms with Gasteiger partial charge in [-0.05, 0) is 42.5 Å². The number of halogens is 1. The zero-order chi connectivity index (χ0) is 22.8. The third-order valence-corrected chi connectivity index (χ3v) is 6.08. The molecule has 5 rings (SSSR count). The van der Waals surface area contributed by atoms with E-state index < -0.39 is 0 Å². The van der Waals surface area contributed by atoms with Crippen molar-refractivity contribution in [1.82, 2.24) is 14.8 Å². The number of nitrogens with zero attached hydrogens (tertiary/aromatic N) is 3. The van der Waals surface area contributed by atoms with E-state index in [4.69, 9.17) is 4.98 Å². The number of nitrogens with one attached hydrogen (secondary N) is 1. The molecule has 3 aromatic carbocycles. The fourth-order valence-electron chi connectivity index (χ4n) is 3.51. The van der Waals surface area contributed by atoms with E-state index >= 15 is 0 Å². The van der Waals surface area contributed by atoms with Crippen LogP contribution in [0.2, 0.25) is 0 Å². The van der Waals surface area contributed by atoms with Crippen LogP contribution in [-0.4, -0.2) is 20.7 Å². The molecule has 0 saturated carbocycles. The fourth-order valence-corrected chi connectivity index (χ4v) is 4.35. The van der Waals surface area contributed by atoms with Crippen LogP contribution >= 0.6 is 11.3 Å². The van der Waals surface area contributed by atoms with Gasteiger partial charge in [0.15, 0.2) is 0 Å². The lowest BCUT2D eigenvalue weighted by atomic mass is 10.1. The maximum Gasteiger partial charge on any atom is 0.273 e. The minimum atomic E-state index is -0.316. The average Bonchev–Trinajstić information content (AvgIpc) is 3.48. The lowest BCUT2D eigenvalue weighted by Crippen LogP contribution is -2.16. The molecular formula is C26H19FN4OS. The number of aromatic nitrogens is 3. The zero-order valence-corrected chi connectivity index (χ0v) is 18.5. The first-order chi connectivity index (χ1) is 16.1. The first-order valence-electron chi connectivity index (χ1n) is 10.3. The summed E-state index contributed by atoms with van der Waals surface area (Å²) in [6.07, 6.45) is 0. The van der Waals surface area contributed by atoms with E-state index in [2.05, 4.69) is 10.4 Å². The predicted molar refractivity (Wildman–Crippen MR) is 130 cm³/mol. The quantitative estimate of drug-likeness (QED) is 0.341. The van der Waals surface area contributed by atoms with Crippen molar-refractivity contribution in [3.8, 4) is 33.1 Å². The molecule has 5 nitrogen and oxygen atoms in total. The number of carbonyl (C=O) groups excluding carboxylic acids is 1. The number of hydrogen-bond donors (Lipinski definition) is 1. The largest absolute Gasteiger partial charge is 0.321 e. The number of amides is 1. The Labute approximate surface area is 194 Å². The van der Waals surface area contributed by atoms with Crippen molar-refractivity contribution >= 4 is 22.9 Å². The highest BCUT2D eigenvalue weighted by Gasteiger charge is 2.15. The number of aryl methyl sites for hydroxylation is 1. The molecule has 2 heterocycles. The summed E-state index contributed by atoms with van der Waals surface area (Å²) in [7, 11) is 1.71. The lowest BCUT2D eigenvalue weighted by Gasteiger charge is -2.06. The number of hydrogen-bond acceptors (Lipinski definition) is 4. The number of thiazole rings is 1. The van der Waals surface area contributed by atoms with Crippen LogP contribution in [0.5, 0.6) is 0 Å². The van der Waals surface area contributed by atoms with Crippen LogP contribution in [0.25, 0.3) is 33.1 Å². The van der Waals surface area contributed by atoms with Gasteiger partial charge in [-0.1, -0.05) is 42.5 Å². The Morgan fingerprint density at radius 1 is 0.879 bits per heavy atom. The van der Waals surface area contributed by atoms with E-state index in [0.29, 0.717) is 17.1 Å². The summed E-state index contributed by atoms with van der Waals surface area (Å²) in [4.78, 5) is 17.7. The van der Waals surface area contributed by atoms with Crippen LogP contribution in [0, 0.1) is 5.82 Å². The van der Waals surface area contributed by atoms with Crippen LogP contribution in [0.15, 0.2) is 90.3 Å². The van der Waals surface area contributed by atoms with Crippen LogP contribution in [0.3, 0.4) is 0 Å². The van der Waals surface area contributed by atoms with Gasteiger partial charge in [0.1, 0.15) is 16.5 Å². The third-order valence-electron chi connectivity index (χ3n) is 5.19. The van der Waals surface area contributed by atoms with E-state index in [1.54, 1.807) is 36.6 Å².